The van der Waals surface area contributed by atoms with E-state index >= 15 is 0 Å². The van der Waals surface area contributed by atoms with Crippen molar-refractivity contribution in [2.75, 3.05) is 45.5 Å². The Bertz CT molecular complexity index is 1520. The predicted octanol–water partition coefficient (Wildman–Crippen LogP) is 4.36. The quantitative estimate of drug-likeness (QED) is 0.0550. The summed E-state index contributed by atoms with van der Waals surface area (Å²) >= 11 is 10.7. The largest absolute Gasteiger partial charge is 0.378 e. The van der Waals surface area contributed by atoms with Crippen molar-refractivity contribution in [3.63, 3.8) is 0 Å². The summed E-state index contributed by atoms with van der Waals surface area (Å²) < 4.78 is 6.44. The van der Waals surface area contributed by atoms with E-state index in [1.807, 2.05) is 50.2 Å². The van der Waals surface area contributed by atoms with Gasteiger partial charge in [-0.2, -0.15) is 10.2 Å². The molecule has 0 atom stereocenters. The highest BCUT2D eigenvalue weighted by molar-refractivity contribution is 7.95. The second kappa shape index (κ2) is 17.5. The van der Waals surface area contributed by atoms with Crippen molar-refractivity contribution in [1.29, 1.82) is 0 Å². The third-order valence-corrected chi connectivity index (χ3v) is 11.9. The molecule has 0 unspecified atom stereocenters. The summed E-state index contributed by atoms with van der Waals surface area (Å²) in [4.78, 5) is 2.04. The summed E-state index contributed by atoms with van der Waals surface area (Å²) in [7, 11) is 3.67. The molecule has 0 amide bonds. The minimum Gasteiger partial charge on any atom is -0.378 e. The lowest BCUT2D eigenvalue weighted by atomic mass is 10.1. The molecule has 0 fully saturated rings. The summed E-state index contributed by atoms with van der Waals surface area (Å²) in [6.45, 7) is 2.85. The maximum Gasteiger partial charge on any atom is 0.187 e. The molecule has 11 heteroatoms. The van der Waals surface area contributed by atoms with Gasteiger partial charge >= 0.3 is 0 Å². The number of nitrogens with zero attached hydrogens (tertiary/aromatic N) is 3. The first-order chi connectivity index (χ1) is 22.3. The van der Waals surface area contributed by atoms with Gasteiger partial charge in [0.15, 0.2) is 16.6 Å². The van der Waals surface area contributed by atoms with E-state index in [0.717, 1.165) is 11.3 Å². The van der Waals surface area contributed by atoms with Crippen LogP contribution in [0.2, 0.25) is 0 Å². The van der Waals surface area contributed by atoms with E-state index in [2.05, 4.69) is 123 Å². The van der Waals surface area contributed by atoms with Gasteiger partial charge in [0.05, 0.1) is 12.3 Å². The minimum absolute atomic E-state index is 0.388. The number of nitrogens with one attached hydrogen (secondary N) is 4. The molecule has 0 aliphatic heterocycles. The van der Waals surface area contributed by atoms with Crippen molar-refractivity contribution >= 4 is 74.9 Å². The van der Waals surface area contributed by atoms with Crippen LogP contribution in [0.25, 0.3) is 0 Å². The Kier molecular flexibility index (Phi) is 13.2. The molecule has 238 valence electrons. The van der Waals surface area contributed by atoms with Crippen molar-refractivity contribution in [3.05, 3.63) is 121 Å². The van der Waals surface area contributed by atoms with Gasteiger partial charge < -0.3 is 20.3 Å². The Morgan fingerprint density at radius 3 is 1.70 bits per heavy atom. The van der Waals surface area contributed by atoms with Crippen LogP contribution in [-0.4, -0.2) is 62.3 Å². The van der Waals surface area contributed by atoms with E-state index in [9.17, 15) is 0 Å². The van der Waals surface area contributed by atoms with E-state index in [-0.39, 0.29) is 0 Å². The molecule has 0 aromatic heterocycles. The molecular weight excluding hydrogens is 630 g/mol. The van der Waals surface area contributed by atoms with E-state index in [1.165, 1.54) is 15.9 Å². The lowest BCUT2D eigenvalue weighted by Crippen LogP contribution is -2.37. The van der Waals surface area contributed by atoms with Gasteiger partial charge in [0.1, 0.15) is 28.9 Å². The van der Waals surface area contributed by atoms with Gasteiger partial charge in [0.2, 0.25) is 0 Å². The summed E-state index contributed by atoms with van der Waals surface area (Å²) in [6.07, 6.45) is 0.568. The van der Waals surface area contributed by atoms with Crippen LogP contribution < -0.4 is 42.3 Å². The number of benzene rings is 4. The van der Waals surface area contributed by atoms with Crippen LogP contribution >= 0.6 is 31.7 Å². The molecule has 4 aromatic rings. The Morgan fingerprint density at radius 2 is 1.22 bits per heavy atom. The first kappa shape index (κ1) is 34.7. The van der Waals surface area contributed by atoms with Gasteiger partial charge in [0, 0.05) is 38.9 Å². The normalized spacial score (nSPS) is 11.8. The summed E-state index contributed by atoms with van der Waals surface area (Å²) in [5, 5.41) is 19.7. The fraction of sp³-hybridized carbons (Fsp3) is 0.200. The van der Waals surface area contributed by atoms with Gasteiger partial charge in [-0.3, -0.25) is 10.9 Å². The second-order valence-corrected chi connectivity index (χ2v) is 14.8. The zero-order valence-electron chi connectivity index (χ0n) is 26.6. The fourth-order valence-electron chi connectivity index (χ4n) is 4.82. The molecule has 4 N–H and O–H groups in total. The van der Waals surface area contributed by atoms with E-state index in [4.69, 9.17) is 29.2 Å². The van der Waals surface area contributed by atoms with Crippen molar-refractivity contribution < 1.29 is 4.74 Å². The van der Waals surface area contributed by atoms with Crippen LogP contribution in [0.5, 0.6) is 0 Å². The molecule has 0 heterocycles. The molecule has 4 aromatic carbocycles. The predicted molar refractivity (Wildman–Crippen MR) is 205 cm³/mol. The first-order valence-electron chi connectivity index (χ1n) is 14.9. The number of rotatable bonds is 13. The van der Waals surface area contributed by atoms with Crippen molar-refractivity contribution in [2.24, 2.45) is 10.2 Å². The van der Waals surface area contributed by atoms with Crippen LogP contribution in [0.15, 0.2) is 125 Å². The molecule has 0 bridgehead atoms. The smallest absolute Gasteiger partial charge is 0.187 e. The highest BCUT2D eigenvalue weighted by Gasteiger charge is 2.45. The van der Waals surface area contributed by atoms with Crippen LogP contribution in [0.1, 0.15) is 12.5 Å². The Labute approximate surface area is 283 Å². The van der Waals surface area contributed by atoms with E-state index in [1.54, 1.807) is 7.05 Å². The number of ether oxygens (including phenoxy) is 1. The molecule has 8 nitrogen and oxygen atoms in total. The third kappa shape index (κ3) is 9.17. The zero-order valence-corrected chi connectivity index (χ0v) is 29.1. The van der Waals surface area contributed by atoms with Crippen LogP contribution in [0.3, 0.4) is 0 Å². The summed E-state index contributed by atoms with van der Waals surface area (Å²) in [5.74, 6) is 0. The van der Waals surface area contributed by atoms with Crippen LogP contribution in [0.4, 0.5) is 5.69 Å². The molecule has 0 spiro atoms. The monoisotopic (exact) mass is 670 g/mol. The minimum atomic E-state index is -2.06. The van der Waals surface area contributed by atoms with Gasteiger partial charge in [-0.05, 0) is 79.9 Å². The molecule has 0 saturated carbocycles. The number of hydrogen-bond acceptors (Lipinski definition) is 6. The van der Waals surface area contributed by atoms with Crippen LogP contribution in [-0.2, 0) is 4.74 Å². The summed E-state index contributed by atoms with van der Waals surface area (Å²) in [6, 6.07) is 40.1. The number of thiocarbonyl (C=S) groups is 2. The first-order valence-corrected chi connectivity index (χ1v) is 17.7. The standard InChI is InChI=1S/C35H40N7OPS2/c1-27(33(39-40-34(45)36-2)28-20-22-29(23-21-28)42(3)4)38-41-35(46)37-24-25-43-26-44(30-14-8-5-9-15-30,31-16-10-6-11-17-31)32-18-12-7-13-19-32/h5-23H,24-26H2,1-4H3,(H3-,36,37,38,39,40,41,45,46)/p+1. The highest BCUT2D eigenvalue weighted by Crippen LogP contribution is 2.55. The van der Waals surface area contributed by atoms with Crippen LogP contribution in [0, 0.1) is 0 Å². The average molecular weight is 671 g/mol. The maximum absolute atomic E-state index is 6.44. The molecular formula is C35H41N7OPS2+. The lowest BCUT2D eigenvalue weighted by Gasteiger charge is -2.27. The van der Waals surface area contributed by atoms with Crippen molar-refractivity contribution in [2.45, 2.75) is 6.92 Å². The Hall–Kier alpha value is -4.21. The van der Waals surface area contributed by atoms with E-state index in [0.29, 0.717) is 41.1 Å². The molecule has 4 rings (SSSR count). The van der Waals surface area contributed by atoms with Crippen molar-refractivity contribution in [3.8, 4) is 0 Å². The molecule has 46 heavy (non-hydrogen) atoms. The zero-order chi connectivity index (χ0) is 32.8. The molecule has 0 aliphatic carbocycles. The molecule has 0 radical (unpaired) electrons. The van der Waals surface area contributed by atoms with Gasteiger partial charge in [-0.15, -0.1) is 0 Å². The van der Waals surface area contributed by atoms with E-state index < -0.39 is 7.26 Å². The second-order valence-electron chi connectivity index (χ2n) is 10.5. The van der Waals surface area contributed by atoms with Gasteiger partial charge in [0.25, 0.3) is 0 Å². The van der Waals surface area contributed by atoms with Gasteiger partial charge in [-0.25, -0.2) is 0 Å². The number of hydrogen-bond donors (Lipinski definition) is 4. The highest BCUT2D eigenvalue weighted by atomic mass is 32.1. The van der Waals surface area contributed by atoms with Crippen molar-refractivity contribution in [1.82, 2.24) is 21.5 Å². The maximum atomic E-state index is 6.44. The summed E-state index contributed by atoms with van der Waals surface area (Å²) in [5.41, 5.74) is 9.03. The van der Waals surface area contributed by atoms with Gasteiger partial charge in [-0.1, -0.05) is 66.7 Å². The number of hydrazone groups is 2. The Morgan fingerprint density at radius 1 is 0.717 bits per heavy atom. The third-order valence-electron chi connectivity index (χ3n) is 7.23. The molecule has 0 saturated heterocycles. The Balaban J connectivity index is 1.41. The number of anilines is 1. The fourth-order valence-corrected chi connectivity index (χ4v) is 8.80. The average Bonchev–Trinajstić information content (AvgIpc) is 3.10. The molecule has 0 aliphatic rings. The lowest BCUT2D eigenvalue weighted by molar-refractivity contribution is 0.185. The SMILES string of the molecule is CNC(=S)N/N=C(/C(C)=N/NC(=S)NCCOC[P+](c1ccccc1)(c1ccccc1)c1ccccc1)c1ccc(N(C)C)cc1. The topological polar surface area (TPSA) is 85.3 Å².